The highest BCUT2D eigenvalue weighted by Gasteiger charge is 2.27. The first kappa shape index (κ1) is 42.9. The summed E-state index contributed by atoms with van der Waals surface area (Å²) >= 11 is 0. The summed E-state index contributed by atoms with van der Waals surface area (Å²) in [6, 6.07) is 19.0. The molecule has 302 valence electrons. The normalized spacial score (nSPS) is 15.5. The van der Waals surface area contributed by atoms with Crippen molar-refractivity contribution in [3.05, 3.63) is 133 Å². The number of carbonyl (C=O) groups is 2. The zero-order valence-electron chi connectivity index (χ0n) is 34.0. The number of benzene rings is 2. The molecule has 0 atom stereocenters. The van der Waals surface area contributed by atoms with E-state index in [2.05, 4.69) is 131 Å². The molecule has 0 radical (unpaired) electrons. The predicted octanol–water partition coefficient (Wildman–Crippen LogP) is 10.5. The molecule has 2 aromatic carbocycles. The standard InChI is InChI=1S/C49H62N4O4/c1-2-3-4-5-6-7-8-9-10-11-12-13-14-15-16-17-18-19-20-30-48(55)57-41-53-47(54)34-32-43-31-33-46(50-49(43)53)56-40-24-23-35-51-36-38-52(39-37-51)45-29-25-27-42-26-21-22-28-44(42)45/h3-4,6-7,9-10,12-13,15-16,18-19,21-22,25-29,31,33H,2,5,8,11,14,17,20,23-24,30,32,34-41H2,1H3/b4-3-,7-6-,10-9-,13-12-,16-15-,19-18-. The lowest BCUT2D eigenvalue weighted by molar-refractivity contribution is -0.144. The van der Waals surface area contributed by atoms with Crippen LogP contribution in [0.5, 0.6) is 5.88 Å². The fourth-order valence-corrected chi connectivity index (χ4v) is 6.96. The number of aryl methyl sites for hydroxylation is 1. The summed E-state index contributed by atoms with van der Waals surface area (Å²) in [5, 5.41) is 2.61. The fourth-order valence-electron chi connectivity index (χ4n) is 6.96. The number of rotatable bonds is 23. The van der Waals surface area contributed by atoms with E-state index >= 15 is 0 Å². The Morgan fingerprint density at radius 3 is 2.07 bits per heavy atom. The SMILES string of the molecule is CC/C=C\C/C=C\C/C=C\C/C=C\C/C=C\C/C=C\CCC(=O)OCN1C(=O)CCc2ccc(OCCCCN3CCN(c4cccc5ccccc45)CC3)nc21. The van der Waals surface area contributed by atoms with Crippen molar-refractivity contribution < 1.29 is 19.1 Å². The fraction of sp³-hybridized carbons (Fsp3) is 0.408. The number of esters is 1. The van der Waals surface area contributed by atoms with Gasteiger partial charge in [-0.05, 0) is 93.8 Å². The Labute approximate surface area is 340 Å². The highest BCUT2D eigenvalue weighted by Crippen LogP contribution is 2.29. The second-order valence-corrected chi connectivity index (χ2v) is 14.4. The average Bonchev–Trinajstić information content (AvgIpc) is 3.24. The van der Waals surface area contributed by atoms with E-state index in [9.17, 15) is 9.59 Å². The molecule has 0 aliphatic carbocycles. The largest absolute Gasteiger partial charge is 0.478 e. The molecule has 0 spiro atoms. The second-order valence-electron chi connectivity index (χ2n) is 14.4. The Bertz CT molecular complexity index is 1860. The van der Waals surface area contributed by atoms with Crippen LogP contribution in [0.15, 0.2) is 128 Å². The van der Waals surface area contributed by atoms with Gasteiger partial charge in [0.15, 0.2) is 6.73 Å². The van der Waals surface area contributed by atoms with Gasteiger partial charge in [0.2, 0.25) is 11.8 Å². The van der Waals surface area contributed by atoms with E-state index in [4.69, 9.17) is 9.47 Å². The van der Waals surface area contributed by atoms with E-state index in [0.29, 0.717) is 37.6 Å². The third-order valence-corrected chi connectivity index (χ3v) is 10.2. The molecule has 3 heterocycles. The molecule has 8 heteroatoms. The van der Waals surface area contributed by atoms with Crippen LogP contribution in [0.25, 0.3) is 10.8 Å². The van der Waals surface area contributed by atoms with Gasteiger partial charge in [-0.15, -0.1) is 0 Å². The van der Waals surface area contributed by atoms with Crippen molar-refractivity contribution >= 4 is 34.2 Å². The average molecular weight is 771 g/mol. The van der Waals surface area contributed by atoms with Gasteiger partial charge < -0.3 is 14.4 Å². The minimum absolute atomic E-state index is 0.0996. The summed E-state index contributed by atoms with van der Waals surface area (Å²) in [6.07, 6.45) is 35.5. The number of ether oxygens (including phenoxy) is 2. The smallest absolute Gasteiger partial charge is 0.307 e. The molecule has 57 heavy (non-hydrogen) atoms. The quantitative estimate of drug-likeness (QED) is 0.0540. The number of piperazine rings is 1. The summed E-state index contributed by atoms with van der Waals surface area (Å²) in [5.41, 5.74) is 2.28. The number of anilines is 2. The van der Waals surface area contributed by atoms with Gasteiger partial charge in [0.1, 0.15) is 5.82 Å². The van der Waals surface area contributed by atoms with Crippen molar-refractivity contribution in [1.82, 2.24) is 9.88 Å². The minimum atomic E-state index is -0.336. The number of carbonyl (C=O) groups excluding carboxylic acids is 2. The van der Waals surface area contributed by atoms with Crippen LogP contribution in [-0.2, 0) is 20.7 Å². The number of fused-ring (bicyclic) bond motifs is 2. The van der Waals surface area contributed by atoms with E-state index in [1.54, 1.807) is 0 Å². The molecule has 8 nitrogen and oxygen atoms in total. The maximum absolute atomic E-state index is 12.8. The first-order valence-corrected chi connectivity index (χ1v) is 21.1. The Morgan fingerprint density at radius 1 is 0.719 bits per heavy atom. The van der Waals surface area contributed by atoms with Gasteiger partial charge in [-0.2, -0.15) is 4.98 Å². The van der Waals surface area contributed by atoms with Crippen molar-refractivity contribution in [1.29, 1.82) is 0 Å². The number of hydrogen-bond donors (Lipinski definition) is 0. The van der Waals surface area contributed by atoms with Crippen molar-refractivity contribution in [3.8, 4) is 5.88 Å². The molecule has 3 aromatic rings. The molecule has 0 N–H and O–H groups in total. The van der Waals surface area contributed by atoms with Crippen molar-refractivity contribution in [2.24, 2.45) is 0 Å². The number of pyridine rings is 1. The zero-order valence-corrected chi connectivity index (χ0v) is 34.0. The van der Waals surface area contributed by atoms with Gasteiger partial charge in [0, 0.05) is 56.2 Å². The topological polar surface area (TPSA) is 75.2 Å². The number of hydrogen-bond acceptors (Lipinski definition) is 7. The molecule has 1 saturated heterocycles. The number of aromatic nitrogens is 1. The van der Waals surface area contributed by atoms with E-state index in [0.717, 1.165) is 89.7 Å². The van der Waals surface area contributed by atoms with Crippen LogP contribution in [0.3, 0.4) is 0 Å². The van der Waals surface area contributed by atoms with Crippen LogP contribution in [0.1, 0.15) is 83.1 Å². The molecule has 1 aromatic heterocycles. The summed E-state index contributed by atoms with van der Waals surface area (Å²) in [7, 11) is 0. The van der Waals surface area contributed by atoms with Gasteiger partial charge in [0.05, 0.1) is 6.61 Å². The number of unbranched alkanes of at least 4 members (excludes halogenated alkanes) is 1. The molecule has 2 aliphatic rings. The van der Waals surface area contributed by atoms with Crippen LogP contribution in [0.4, 0.5) is 11.5 Å². The third-order valence-electron chi connectivity index (χ3n) is 10.2. The number of allylic oxidation sites excluding steroid dienone is 12. The molecule has 1 amide bonds. The predicted molar refractivity (Wildman–Crippen MR) is 236 cm³/mol. The molecular weight excluding hydrogens is 709 g/mol. The molecule has 0 unspecified atom stereocenters. The summed E-state index contributed by atoms with van der Waals surface area (Å²) < 4.78 is 11.5. The van der Waals surface area contributed by atoms with E-state index in [1.807, 2.05) is 18.2 Å². The van der Waals surface area contributed by atoms with Crippen LogP contribution in [0, 0.1) is 0 Å². The lowest BCUT2D eigenvalue weighted by Gasteiger charge is -2.36. The Balaban J connectivity index is 0.922. The van der Waals surface area contributed by atoms with Gasteiger partial charge in [-0.25, -0.2) is 0 Å². The van der Waals surface area contributed by atoms with E-state index < -0.39 is 0 Å². The van der Waals surface area contributed by atoms with E-state index in [-0.39, 0.29) is 25.0 Å². The van der Waals surface area contributed by atoms with Crippen LogP contribution >= 0.6 is 0 Å². The summed E-state index contributed by atoms with van der Waals surface area (Å²) in [4.78, 5) is 36.6. The van der Waals surface area contributed by atoms with E-state index in [1.165, 1.54) is 21.4 Å². The number of amides is 1. The first-order chi connectivity index (χ1) is 28.1. The highest BCUT2D eigenvalue weighted by atomic mass is 16.5. The zero-order chi connectivity index (χ0) is 39.8. The van der Waals surface area contributed by atoms with Crippen LogP contribution < -0.4 is 14.5 Å². The van der Waals surface area contributed by atoms with Gasteiger partial charge in [-0.1, -0.05) is 116 Å². The monoisotopic (exact) mass is 770 g/mol. The molecule has 1 fully saturated rings. The minimum Gasteiger partial charge on any atom is -0.478 e. The third kappa shape index (κ3) is 15.0. The van der Waals surface area contributed by atoms with Gasteiger partial charge >= 0.3 is 5.97 Å². The van der Waals surface area contributed by atoms with Crippen molar-refractivity contribution in [2.75, 3.05) is 55.9 Å². The number of nitrogens with zero attached hydrogens (tertiary/aromatic N) is 4. The molecule has 0 saturated carbocycles. The molecule has 5 rings (SSSR count). The van der Waals surface area contributed by atoms with Crippen molar-refractivity contribution in [3.63, 3.8) is 0 Å². The van der Waals surface area contributed by atoms with Crippen LogP contribution in [0.2, 0.25) is 0 Å². The highest BCUT2D eigenvalue weighted by molar-refractivity contribution is 5.95. The van der Waals surface area contributed by atoms with Crippen LogP contribution in [-0.4, -0.2) is 67.8 Å². The molecule has 2 aliphatic heterocycles. The summed E-state index contributed by atoms with van der Waals surface area (Å²) in [6.45, 7) is 7.75. The molecular formula is C49H62N4O4. The second kappa shape index (κ2) is 25.1. The Kier molecular flexibility index (Phi) is 18.9. The maximum atomic E-state index is 12.8. The summed E-state index contributed by atoms with van der Waals surface area (Å²) in [5.74, 6) is 0.577. The maximum Gasteiger partial charge on any atom is 0.307 e. The Morgan fingerprint density at radius 2 is 1.37 bits per heavy atom. The van der Waals surface area contributed by atoms with Gasteiger partial charge in [-0.3, -0.25) is 19.4 Å². The lowest BCUT2D eigenvalue weighted by Crippen LogP contribution is -2.46. The lowest BCUT2D eigenvalue weighted by atomic mass is 10.1. The molecule has 0 bridgehead atoms. The Hall–Kier alpha value is -5.21. The van der Waals surface area contributed by atoms with Crippen molar-refractivity contribution in [2.45, 2.75) is 84.0 Å². The first-order valence-electron chi connectivity index (χ1n) is 21.1. The van der Waals surface area contributed by atoms with Gasteiger partial charge in [0.25, 0.3) is 0 Å².